The molecular weight excluding hydrogens is 444 g/mol. The number of rotatable bonds is 5. The second-order valence-electron chi connectivity index (χ2n) is 8.97. The number of hydrogen-bond acceptors (Lipinski definition) is 7. The largest absolute Gasteiger partial charge is 0.462 e. The number of carbonyl (C=O) groups excluding carboxylic acids is 3. The maximum absolute atomic E-state index is 12.9. The molecule has 3 aliphatic rings. The molecule has 1 N–H and O–H groups in total. The zero-order chi connectivity index (χ0) is 23.4. The standard InChI is InChI=1S/C23H34N4O5S/c1-3-32-22(29)20-17-5-4-16(2)14-18(17)33-21(20)24-19(28)15-25-6-8-26(9-7-25)23(30)27-10-12-31-13-11-27/h16H,3-15H2,1-2H3,(H,24,28). The third-order valence-electron chi connectivity index (χ3n) is 6.54. The number of ether oxygens (including phenoxy) is 2. The van der Waals surface area contributed by atoms with Crippen LogP contribution in [0, 0.1) is 5.92 Å². The van der Waals surface area contributed by atoms with Crippen molar-refractivity contribution in [2.24, 2.45) is 5.92 Å². The highest BCUT2D eigenvalue weighted by Crippen LogP contribution is 2.40. The summed E-state index contributed by atoms with van der Waals surface area (Å²) < 4.78 is 10.6. The minimum Gasteiger partial charge on any atom is -0.462 e. The molecule has 3 heterocycles. The first kappa shape index (κ1) is 24.0. The van der Waals surface area contributed by atoms with Crippen LogP contribution in [0.25, 0.3) is 0 Å². The molecule has 0 radical (unpaired) electrons. The zero-order valence-corrected chi connectivity index (χ0v) is 20.4. The van der Waals surface area contributed by atoms with Crippen molar-refractivity contribution in [2.75, 3.05) is 71.0 Å². The van der Waals surface area contributed by atoms with Gasteiger partial charge in [-0.05, 0) is 37.7 Å². The quantitative estimate of drug-likeness (QED) is 0.652. The lowest BCUT2D eigenvalue weighted by molar-refractivity contribution is -0.117. The summed E-state index contributed by atoms with van der Waals surface area (Å²) >= 11 is 1.51. The fraction of sp³-hybridized carbons (Fsp3) is 0.696. The van der Waals surface area contributed by atoms with E-state index in [9.17, 15) is 14.4 Å². The number of fused-ring (bicyclic) bond motifs is 1. The number of anilines is 1. The number of hydrogen-bond donors (Lipinski definition) is 1. The highest BCUT2D eigenvalue weighted by Gasteiger charge is 2.30. The van der Waals surface area contributed by atoms with Crippen LogP contribution in [0.1, 0.15) is 41.1 Å². The minimum absolute atomic E-state index is 0.0554. The fourth-order valence-electron chi connectivity index (χ4n) is 4.68. The number of thiophene rings is 1. The van der Waals surface area contributed by atoms with E-state index in [1.807, 2.05) is 9.80 Å². The van der Waals surface area contributed by atoms with Gasteiger partial charge in [-0.15, -0.1) is 11.3 Å². The summed E-state index contributed by atoms with van der Waals surface area (Å²) in [7, 11) is 0. The van der Waals surface area contributed by atoms with E-state index in [0.717, 1.165) is 24.8 Å². The highest BCUT2D eigenvalue weighted by molar-refractivity contribution is 7.17. The predicted molar refractivity (Wildman–Crippen MR) is 126 cm³/mol. The molecule has 2 aliphatic heterocycles. The van der Waals surface area contributed by atoms with Crippen molar-refractivity contribution in [1.29, 1.82) is 0 Å². The molecule has 0 bridgehead atoms. The van der Waals surface area contributed by atoms with Gasteiger partial charge in [0.1, 0.15) is 5.00 Å². The van der Waals surface area contributed by atoms with E-state index in [1.165, 1.54) is 16.2 Å². The molecule has 182 valence electrons. The van der Waals surface area contributed by atoms with Gasteiger partial charge in [0.2, 0.25) is 5.91 Å². The van der Waals surface area contributed by atoms with Crippen LogP contribution in [0.4, 0.5) is 9.80 Å². The number of esters is 1. The molecule has 4 rings (SSSR count). The van der Waals surface area contributed by atoms with E-state index >= 15 is 0 Å². The third-order valence-corrected chi connectivity index (χ3v) is 7.71. The molecule has 0 spiro atoms. The summed E-state index contributed by atoms with van der Waals surface area (Å²) in [6.45, 7) is 9.48. The monoisotopic (exact) mass is 478 g/mol. The average Bonchev–Trinajstić information content (AvgIpc) is 3.16. The molecule has 3 amide bonds. The molecule has 1 atom stereocenters. The lowest BCUT2D eigenvalue weighted by Gasteiger charge is -2.38. The maximum Gasteiger partial charge on any atom is 0.341 e. The van der Waals surface area contributed by atoms with Crippen LogP contribution in [0.15, 0.2) is 0 Å². The summed E-state index contributed by atoms with van der Waals surface area (Å²) in [6.07, 6.45) is 2.81. The molecule has 9 nitrogen and oxygen atoms in total. The Labute approximate surface area is 199 Å². The van der Waals surface area contributed by atoms with Crippen LogP contribution < -0.4 is 5.32 Å². The first-order valence-corrected chi connectivity index (χ1v) is 12.7. The minimum atomic E-state index is -0.352. The van der Waals surface area contributed by atoms with Crippen molar-refractivity contribution in [3.05, 3.63) is 16.0 Å². The van der Waals surface area contributed by atoms with Gasteiger partial charge in [-0.2, -0.15) is 0 Å². The Balaban J connectivity index is 1.34. The van der Waals surface area contributed by atoms with E-state index in [-0.39, 0.29) is 24.5 Å². The second-order valence-corrected chi connectivity index (χ2v) is 10.1. The van der Waals surface area contributed by atoms with Crippen molar-refractivity contribution in [2.45, 2.75) is 33.1 Å². The summed E-state index contributed by atoms with van der Waals surface area (Å²) in [6, 6.07) is 0.0554. The van der Waals surface area contributed by atoms with Crippen LogP contribution in [-0.2, 0) is 27.1 Å². The smallest absolute Gasteiger partial charge is 0.341 e. The van der Waals surface area contributed by atoms with Crippen molar-refractivity contribution >= 4 is 34.2 Å². The van der Waals surface area contributed by atoms with E-state index in [2.05, 4.69) is 17.1 Å². The van der Waals surface area contributed by atoms with Gasteiger partial charge in [-0.1, -0.05) is 6.92 Å². The Bertz CT molecular complexity index is 874. The molecule has 10 heteroatoms. The molecule has 0 saturated carbocycles. The Morgan fingerprint density at radius 3 is 2.48 bits per heavy atom. The molecule has 0 aromatic carbocycles. The van der Waals surface area contributed by atoms with Gasteiger partial charge < -0.3 is 24.6 Å². The third kappa shape index (κ3) is 5.67. The van der Waals surface area contributed by atoms with E-state index in [0.29, 0.717) is 75.6 Å². The first-order chi connectivity index (χ1) is 16.0. The topological polar surface area (TPSA) is 91.4 Å². The fourth-order valence-corrected chi connectivity index (χ4v) is 6.09. The average molecular weight is 479 g/mol. The number of nitrogens with one attached hydrogen (secondary N) is 1. The van der Waals surface area contributed by atoms with Gasteiger partial charge in [0, 0.05) is 44.1 Å². The lowest BCUT2D eigenvalue weighted by atomic mass is 9.88. The number of morpholine rings is 1. The molecule has 2 fully saturated rings. The van der Waals surface area contributed by atoms with E-state index in [4.69, 9.17) is 9.47 Å². The molecule has 2 saturated heterocycles. The Morgan fingerprint density at radius 2 is 1.79 bits per heavy atom. The van der Waals surface area contributed by atoms with Crippen molar-refractivity contribution in [1.82, 2.24) is 14.7 Å². The molecule has 1 aliphatic carbocycles. The van der Waals surface area contributed by atoms with E-state index < -0.39 is 0 Å². The van der Waals surface area contributed by atoms with Crippen molar-refractivity contribution in [3.8, 4) is 0 Å². The second kappa shape index (κ2) is 10.8. The number of carbonyl (C=O) groups is 3. The van der Waals surface area contributed by atoms with Crippen molar-refractivity contribution in [3.63, 3.8) is 0 Å². The summed E-state index contributed by atoms with van der Waals surface area (Å²) in [5, 5.41) is 3.60. The number of piperazine rings is 1. The number of amides is 3. The molecule has 33 heavy (non-hydrogen) atoms. The predicted octanol–water partition coefficient (Wildman–Crippen LogP) is 2.06. The van der Waals surface area contributed by atoms with Gasteiger partial charge in [0.15, 0.2) is 0 Å². The van der Waals surface area contributed by atoms with Gasteiger partial charge in [-0.25, -0.2) is 9.59 Å². The van der Waals surface area contributed by atoms with Crippen LogP contribution in [0.5, 0.6) is 0 Å². The molecule has 1 aromatic rings. The number of urea groups is 1. The summed E-state index contributed by atoms with van der Waals surface area (Å²) in [5.41, 5.74) is 1.58. The van der Waals surface area contributed by atoms with Gasteiger partial charge in [-0.3, -0.25) is 9.69 Å². The highest BCUT2D eigenvalue weighted by atomic mass is 32.1. The van der Waals surface area contributed by atoms with Gasteiger partial charge >= 0.3 is 12.0 Å². The van der Waals surface area contributed by atoms with Crippen LogP contribution in [0.3, 0.4) is 0 Å². The SMILES string of the molecule is CCOC(=O)c1c(NC(=O)CN2CCN(C(=O)N3CCOCC3)CC2)sc2c1CCC(C)C2. The lowest BCUT2D eigenvalue weighted by Crippen LogP contribution is -2.55. The Hall–Kier alpha value is -2.17. The first-order valence-electron chi connectivity index (χ1n) is 11.9. The molecule has 1 unspecified atom stereocenters. The molecular formula is C23H34N4O5S. The van der Waals surface area contributed by atoms with Gasteiger partial charge in [0.05, 0.1) is 31.9 Å². The van der Waals surface area contributed by atoms with E-state index in [1.54, 1.807) is 6.92 Å². The summed E-state index contributed by atoms with van der Waals surface area (Å²) in [5.74, 6) is 0.0847. The maximum atomic E-state index is 12.9. The van der Waals surface area contributed by atoms with Crippen LogP contribution in [0.2, 0.25) is 0 Å². The van der Waals surface area contributed by atoms with Crippen LogP contribution >= 0.6 is 11.3 Å². The normalized spacial score (nSPS) is 21.5. The molecule has 1 aromatic heterocycles. The Kier molecular flexibility index (Phi) is 7.87. The van der Waals surface area contributed by atoms with Crippen LogP contribution in [-0.4, -0.2) is 98.2 Å². The number of nitrogens with zero attached hydrogens (tertiary/aromatic N) is 3. The van der Waals surface area contributed by atoms with Crippen molar-refractivity contribution < 1.29 is 23.9 Å². The zero-order valence-electron chi connectivity index (χ0n) is 19.6. The van der Waals surface area contributed by atoms with Gasteiger partial charge in [0.25, 0.3) is 0 Å². The summed E-state index contributed by atoms with van der Waals surface area (Å²) in [4.78, 5) is 45.1. The Morgan fingerprint density at radius 1 is 1.09 bits per heavy atom.